The van der Waals surface area contributed by atoms with Gasteiger partial charge < -0.3 is 8.85 Å². The number of rotatable bonds is 8. The second-order valence-corrected chi connectivity index (χ2v) is 8.37. The van der Waals surface area contributed by atoms with Crippen LogP contribution in [-0.2, 0) is 8.85 Å². The van der Waals surface area contributed by atoms with Gasteiger partial charge in [-0.1, -0.05) is 6.92 Å². The van der Waals surface area contributed by atoms with Crippen LogP contribution in [0.1, 0.15) is 41.0 Å². The Morgan fingerprint density at radius 1 is 1.07 bits per heavy atom. The van der Waals surface area contributed by atoms with E-state index in [-0.39, 0.29) is 12.2 Å². The maximum Gasteiger partial charge on any atom is 0.338 e. The molecule has 0 spiro atoms. The van der Waals surface area contributed by atoms with Gasteiger partial charge in [0.1, 0.15) is 0 Å². The Kier molecular flexibility index (Phi) is 7.96. The van der Waals surface area contributed by atoms with Gasteiger partial charge in [-0.05, 0) is 52.0 Å². The van der Waals surface area contributed by atoms with Crippen LogP contribution in [0.2, 0.25) is 12.1 Å². The fourth-order valence-electron chi connectivity index (χ4n) is 1.70. The zero-order valence-corrected chi connectivity index (χ0v) is 12.6. The molecule has 0 N–H and O–H groups in total. The molecule has 0 saturated carbocycles. The standard InChI is InChI=1S/C11H26O2SSi/c1-6-15(9-7-8-14,12-10(2)3)13-11(4)5/h10-11,14H,6-9H2,1-5H3. The van der Waals surface area contributed by atoms with Crippen LogP contribution in [-0.4, -0.2) is 26.5 Å². The molecule has 0 atom stereocenters. The van der Waals surface area contributed by atoms with Crippen molar-refractivity contribution in [3.63, 3.8) is 0 Å². The lowest BCUT2D eigenvalue weighted by atomic mass is 10.5. The molecular formula is C11H26O2SSi. The van der Waals surface area contributed by atoms with Gasteiger partial charge in [-0.2, -0.15) is 12.6 Å². The van der Waals surface area contributed by atoms with Crippen molar-refractivity contribution < 1.29 is 8.85 Å². The van der Waals surface area contributed by atoms with E-state index in [1.165, 1.54) is 0 Å². The van der Waals surface area contributed by atoms with Crippen molar-refractivity contribution in [3.05, 3.63) is 0 Å². The maximum atomic E-state index is 6.08. The van der Waals surface area contributed by atoms with Crippen molar-refractivity contribution in [2.24, 2.45) is 0 Å². The molecule has 0 saturated heterocycles. The Morgan fingerprint density at radius 2 is 1.53 bits per heavy atom. The van der Waals surface area contributed by atoms with Crippen LogP contribution in [0.4, 0.5) is 0 Å². The van der Waals surface area contributed by atoms with Crippen molar-refractivity contribution >= 4 is 21.2 Å². The highest BCUT2D eigenvalue weighted by atomic mass is 32.1. The van der Waals surface area contributed by atoms with Crippen LogP contribution < -0.4 is 0 Å². The van der Waals surface area contributed by atoms with Gasteiger partial charge in [0.25, 0.3) is 0 Å². The van der Waals surface area contributed by atoms with E-state index in [2.05, 4.69) is 47.2 Å². The van der Waals surface area contributed by atoms with Gasteiger partial charge in [0.2, 0.25) is 0 Å². The minimum Gasteiger partial charge on any atom is -0.392 e. The van der Waals surface area contributed by atoms with Crippen LogP contribution in [0.15, 0.2) is 0 Å². The molecule has 0 aromatic rings. The van der Waals surface area contributed by atoms with Gasteiger partial charge in [-0.15, -0.1) is 0 Å². The molecule has 0 aliphatic heterocycles. The monoisotopic (exact) mass is 250 g/mol. The van der Waals surface area contributed by atoms with E-state index in [1.807, 2.05) is 0 Å². The molecule has 0 aliphatic rings. The fraction of sp³-hybridized carbons (Fsp3) is 1.00. The fourth-order valence-corrected chi connectivity index (χ4v) is 5.56. The van der Waals surface area contributed by atoms with Crippen molar-refractivity contribution in [2.45, 2.75) is 65.3 Å². The summed E-state index contributed by atoms with van der Waals surface area (Å²) >= 11 is 4.26. The summed E-state index contributed by atoms with van der Waals surface area (Å²) in [5.41, 5.74) is 0. The predicted molar refractivity (Wildman–Crippen MR) is 72.0 cm³/mol. The molecule has 0 radical (unpaired) electrons. The minimum atomic E-state index is -1.97. The molecule has 0 fully saturated rings. The average molecular weight is 250 g/mol. The second kappa shape index (κ2) is 7.71. The summed E-state index contributed by atoms with van der Waals surface area (Å²) < 4.78 is 12.2. The van der Waals surface area contributed by atoms with E-state index in [4.69, 9.17) is 8.85 Å². The van der Waals surface area contributed by atoms with Crippen molar-refractivity contribution in [1.82, 2.24) is 0 Å². The summed E-state index contributed by atoms with van der Waals surface area (Å²) in [5, 5.41) is 0. The molecule has 2 nitrogen and oxygen atoms in total. The van der Waals surface area contributed by atoms with Crippen molar-refractivity contribution in [1.29, 1.82) is 0 Å². The zero-order chi connectivity index (χ0) is 11.9. The molecule has 0 aromatic heterocycles. The number of thiol groups is 1. The molecule has 15 heavy (non-hydrogen) atoms. The molecule has 0 bridgehead atoms. The summed E-state index contributed by atoms with van der Waals surface area (Å²) in [4.78, 5) is 0. The molecule has 0 heterocycles. The highest BCUT2D eigenvalue weighted by Gasteiger charge is 2.36. The normalized spacial score (nSPS) is 12.8. The summed E-state index contributed by atoms with van der Waals surface area (Å²) in [6.45, 7) is 10.5. The summed E-state index contributed by atoms with van der Waals surface area (Å²) in [5.74, 6) is 0.914. The lowest BCUT2D eigenvalue weighted by Crippen LogP contribution is -2.45. The molecule has 0 amide bonds. The van der Waals surface area contributed by atoms with E-state index in [0.29, 0.717) is 0 Å². The largest absolute Gasteiger partial charge is 0.392 e. The first-order chi connectivity index (χ1) is 6.95. The van der Waals surface area contributed by atoms with Crippen LogP contribution in [0, 0.1) is 0 Å². The smallest absolute Gasteiger partial charge is 0.338 e. The third-order valence-corrected chi connectivity index (χ3v) is 6.47. The Bertz CT molecular complexity index is 153. The summed E-state index contributed by atoms with van der Waals surface area (Å²) in [6.07, 6.45) is 1.60. The SMILES string of the molecule is CC[Si](CCCS)(OC(C)C)OC(C)C. The highest BCUT2D eigenvalue weighted by molar-refractivity contribution is 7.80. The Morgan fingerprint density at radius 3 is 1.80 bits per heavy atom. The van der Waals surface area contributed by atoms with E-state index in [1.54, 1.807) is 0 Å². The molecule has 4 heteroatoms. The first kappa shape index (κ1) is 15.5. The van der Waals surface area contributed by atoms with Gasteiger partial charge in [-0.3, -0.25) is 0 Å². The Hall–Kier alpha value is 0.487. The zero-order valence-electron chi connectivity index (χ0n) is 10.7. The Labute approximate surface area is 101 Å². The predicted octanol–water partition coefficient (Wildman–Crippen LogP) is 3.62. The van der Waals surface area contributed by atoms with E-state index in [0.717, 1.165) is 24.3 Å². The third-order valence-electron chi connectivity index (χ3n) is 2.16. The van der Waals surface area contributed by atoms with Crippen LogP contribution in [0.25, 0.3) is 0 Å². The quantitative estimate of drug-likeness (QED) is 0.524. The molecule has 92 valence electrons. The van der Waals surface area contributed by atoms with Crippen molar-refractivity contribution in [2.75, 3.05) is 5.75 Å². The molecular weight excluding hydrogens is 224 g/mol. The topological polar surface area (TPSA) is 18.5 Å². The maximum absolute atomic E-state index is 6.08. The first-order valence-electron chi connectivity index (χ1n) is 5.92. The average Bonchev–Trinajstić information content (AvgIpc) is 2.12. The van der Waals surface area contributed by atoms with E-state index >= 15 is 0 Å². The Balaban J connectivity index is 4.44. The lowest BCUT2D eigenvalue weighted by Gasteiger charge is -2.33. The van der Waals surface area contributed by atoms with Gasteiger partial charge in [0, 0.05) is 12.2 Å². The van der Waals surface area contributed by atoms with Gasteiger partial charge in [-0.25, -0.2) is 0 Å². The van der Waals surface area contributed by atoms with Crippen LogP contribution in [0.3, 0.4) is 0 Å². The number of hydrogen-bond acceptors (Lipinski definition) is 3. The molecule has 0 aromatic carbocycles. The van der Waals surface area contributed by atoms with Crippen LogP contribution in [0.5, 0.6) is 0 Å². The van der Waals surface area contributed by atoms with Crippen molar-refractivity contribution in [3.8, 4) is 0 Å². The summed E-state index contributed by atoms with van der Waals surface area (Å²) in [7, 11) is -1.97. The minimum absolute atomic E-state index is 0.260. The van der Waals surface area contributed by atoms with E-state index < -0.39 is 8.56 Å². The molecule has 0 unspecified atom stereocenters. The van der Waals surface area contributed by atoms with Gasteiger partial charge in [0.05, 0.1) is 0 Å². The second-order valence-electron chi connectivity index (χ2n) is 4.42. The van der Waals surface area contributed by atoms with Crippen LogP contribution >= 0.6 is 12.6 Å². The van der Waals surface area contributed by atoms with Gasteiger partial charge >= 0.3 is 8.56 Å². The first-order valence-corrected chi connectivity index (χ1v) is 8.78. The number of hydrogen-bond donors (Lipinski definition) is 1. The lowest BCUT2D eigenvalue weighted by molar-refractivity contribution is 0.105. The molecule has 0 rings (SSSR count). The van der Waals surface area contributed by atoms with E-state index in [9.17, 15) is 0 Å². The summed E-state index contributed by atoms with van der Waals surface area (Å²) in [6, 6.07) is 2.08. The molecule has 0 aliphatic carbocycles. The van der Waals surface area contributed by atoms with Gasteiger partial charge in [0.15, 0.2) is 0 Å². The highest BCUT2D eigenvalue weighted by Crippen LogP contribution is 2.24. The third kappa shape index (κ3) is 6.61.